The molecule has 5 nitrogen and oxygen atoms in total. The molecule has 0 bridgehead atoms. The van der Waals surface area contributed by atoms with Gasteiger partial charge in [-0.1, -0.05) is 30.3 Å². The molecule has 160 valence electrons. The van der Waals surface area contributed by atoms with Crippen LogP contribution in [0.25, 0.3) is 0 Å². The first-order valence-electron chi connectivity index (χ1n) is 10.5. The average Bonchev–Trinajstić information content (AvgIpc) is 2.78. The zero-order chi connectivity index (χ0) is 21.8. The highest BCUT2D eigenvalue weighted by Crippen LogP contribution is 2.31. The van der Waals surface area contributed by atoms with E-state index in [9.17, 15) is 9.18 Å². The van der Waals surface area contributed by atoms with Gasteiger partial charge in [-0.2, -0.15) is 0 Å². The van der Waals surface area contributed by atoms with E-state index in [4.69, 9.17) is 10.5 Å². The Bertz CT molecular complexity index is 1060. The first kappa shape index (κ1) is 20.8. The lowest BCUT2D eigenvalue weighted by atomic mass is 9.88. The minimum absolute atomic E-state index is 0.0795. The second kappa shape index (κ2) is 9.16. The highest BCUT2D eigenvalue weighted by atomic mass is 19.1. The van der Waals surface area contributed by atoms with Crippen LogP contribution in [-0.4, -0.2) is 28.9 Å². The van der Waals surface area contributed by atoms with Gasteiger partial charge in [-0.15, -0.1) is 0 Å². The number of aryl methyl sites for hydroxylation is 1. The molecule has 1 aliphatic rings. The van der Waals surface area contributed by atoms with Crippen molar-refractivity contribution >= 4 is 11.7 Å². The topological polar surface area (TPSA) is 68.5 Å². The Kier molecular flexibility index (Phi) is 6.16. The summed E-state index contributed by atoms with van der Waals surface area (Å²) in [6, 6.07) is 16.0. The van der Waals surface area contributed by atoms with E-state index in [1.54, 1.807) is 11.0 Å². The molecule has 0 atom stereocenters. The molecular weight excluding hydrogens is 393 g/mol. The van der Waals surface area contributed by atoms with Crippen molar-refractivity contribution in [3.05, 3.63) is 88.9 Å². The van der Waals surface area contributed by atoms with Crippen molar-refractivity contribution in [2.75, 3.05) is 18.8 Å². The predicted octanol–water partition coefficient (Wildman–Crippen LogP) is 4.71. The van der Waals surface area contributed by atoms with Crippen LogP contribution >= 0.6 is 0 Å². The maximum Gasteiger partial charge on any atom is 0.256 e. The molecule has 0 aliphatic carbocycles. The lowest BCUT2D eigenvalue weighted by Crippen LogP contribution is -2.38. The van der Waals surface area contributed by atoms with Crippen molar-refractivity contribution in [1.82, 2.24) is 9.88 Å². The zero-order valence-corrected chi connectivity index (χ0v) is 17.6. The molecule has 2 aromatic carbocycles. The van der Waals surface area contributed by atoms with E-state index in [1.165, 1.54) is 17.7 Å². The Morgan fingerprint density at radius 2 is 1.90 bits per heavy atom. The number of anilines is 1. The molecule has 1 aromatic heterocycles. The van der Waals surface area contributed by atoms with E-state index in [1.807, 2.05) is 49.5 Å². The molecule has 6 heteroatoms. The molecule has 4 rings (SSSR count). The SMILES string of the molecule is Cc1cc(N)ncc1C1CCN(C(=O)c2ccc(OCc3ccccc3)cc2F)CC1. The number of ether oxygens (including phenoxy) is 1. The number of halogens is 1. The first-order valence-corrected chi connectivity index (χ1v) is 10.5. The summed E-state index contributed by atoms with van der Waals surface area (Å²) in [5, 5.41) is 0. The molecule has 2 N–H and O–H groups in total. The smallest absolute Gasteiger partial charge is 0.256 e. The van der Waals surface area contributed by atoms with Gasteiger partial charge in [0.1, 0.15) is 24.0 Å². The molecule has 2 heterocycles. The maximum atomic E-state index is 14.7. The summed E-state index contributed by atoms with van der Waals surface area (Å²) in [5.41, 5.74) is 9.12. The fourth-order valence-electron chi connectivity index (χ4n) is 4.08. The minimum Gasteiger partial charge on any atom is -0.489 e. The van der Waals surface area contributed by atoms with Crippen molar-refractivity contribution in [2.45, 2.75) is 32.3 Å². The maximum absolute atomic E-state index is 14.7. The summed E-state index contributed by atoms with van der Waals surface area (Å²) in [4.78, 5) is 18.8. The number of nitrogens with two attached hydrogens (primary N) is 1. The van der Waals surface area contributed by atoms with E-state index in [0.717, 1.165) is 24.0 Å². The largest absolute Gasteiger partial charge is 0.489 e. The molecule has 1 aliphatic heterocycles. The number of carbonyl (C=O) groups excluding carboxylic acids is 1. The zero-order valence-electron chi connectivity index (χ0n) is 17.6. The van der Waals surface area contributed by atoms with Crippen molar-refractivity contribution < 1.29 is 13.9 Å². The number of benzene rings is 2. The third-order valence-corrected chi connectivity index (χ3v) is 5.81. The number of pyridine rings is 1. The van der Waals surface area contributed by atoms with Gasteiger partial charge in [0, 0.05) is 25.4 Å². The third kappa shape index (κ3) is 4.85. The second-order valence-electron chi connectivity index (χ2n) is 7.95. The fraction of sp³-hybridized carbons (Fsp3) is 0.280. The summed E-state index contributed by atoms with van der Waals surface area (Å²) in [7, 11) is 0. The Balaban J connectivity index is 1.37. The third-order valence-electron chi connectivity index (χ3n) is 5.81. The monoisotopic (exact) mass is 419 g/mol. The van der Waals surface area contributed by atoms with Crippen LogP contribution in [0, 0.1) is 12.7 Å². The molecule has 0 saturated carbocycles. The standard InChI is InChI=1S/C25H26FN3O2/c1-17-13-24(27)28-15-22(17)19-9-11-29(12-10-19)25(30)21-8-7-20(14-23(21)26)31-16-18-5-3-2-4-6-18/h2-8,13-15,19H,9-12,16H2,1H3,(H2,27,28). The molecular formula is C25H26FN3O2. The van der Waals surface area contributed by atoms with Crippen molar-refractivity contribution in [2.24, 2.45) is 0 Å². The van der Waals surface area contributed by atoms with E-state index in [2.05, 4.69) is 4.98 Å². The van der Waals surface area contributed by atoms with Gasteiger partial charge in [0.25, 0.3) is 5.91 Å². The van der Waals surface area contributed by atoms with Crippen molar-refractivity contribution in [3.8, 4) is 5.75 Å². The molecule has 0 spiro atoms. The quantitative estimate of drug-likeness (QED) is 0.650. The van der Waals surface area contributed by atoms with Crippen LogP contribution in [0.2, 0.25) is 0 Å². The molecule has 0 radical (unpaired) electrons. The van der Waals surface area contributed by atoms with E-state index in [-0.39, 0.29) is 11.5 Å². The van der Waals surface area contributed by atoms with Gasteiger partial charge in [-0.05, 0) is 60.6 Å². The Morgan fingerprint density at radius 1 is 1.16 bits per heavy atom. The first-order chi connectivity index (χ1) is 15.0. The molecule has 1 saturated heterocycles. The molecule has 3 aromatic rings. The molecule has 31 heavy (non-hydrogen) atoms. The van der Waals surface area contributed by atoms with Gasteiger partial charge in [-0.25, -0.2) is 9.37 Å². The summed E-state index contributed by atoms with van der Waals surface area (Å²) >= 11 is 0. The van der Waals surface area contributed by atoms with Gasteiger partial charge >= 0.3 is 0 Å². The van der Waals surface area contributed by atoms with Crippen LogP contribution in [0.3, 0.4) is 0 Å². The van der Waals surface area contributed by atoms with E-state index >= 15 is 0 Å². The Morgan fingerprint density at radius 3 is 2.58 bits per heavy atom. The number of rotatable bonds is 5. The van der Waals surface area contributed by atoms with Gasteiger partial charge < -0.3 is 15.4 Å². The molecule has 1 amide bonds. The van der Waals surface area contributed by atoms with Crippen LogP contribution in [0.4, 0.5) is 10.2 Å². The van der Waals surface area contributed by atoms with Gasteiger partial charge in [-0.3, -0.25) is 4.79 Å². The van der Waals surface area contributed by atoms with Gasteiger partial charge in [0.15, 0.2) is 0 Å². The fourth-order valence-corrected chi connectivity index (χ4v) is 4.08. The summed E-state index contributed by atoms with van der Waals surface area (Å²) in [6.07, 6.45) is 3.47. The van der Waals surface area contributed by atoms with E-state index in [0.29, 0.717) is 37.2 Å². The predicted molar refractivity (Wildman–Crippen MR) is 118 cm³/mol. The summed E-state index contributed by atoms with van der Waals surface area (Å²) in [6.45, 7) is 3.54. The Hall–Kier alpha value is -3.41. The number of hydrogen-bond donors (Lipinski definition) is 1. The van der Waals surface area contributed by atoms with E-state index < -0.39 is 5.82 Å². The minimum atomic E-state index is -0.559. The number of carbonyl (C=O) groups is 1. The lowest BCUT2D eigenvalue weighted by molar-refractivity contribution is 0.0708. The second-order valence-corrected chi connectivity index (χ2v) is 7.95. The number of amides is 1. The van der Waals surface area contributed by atoms with Crippen LogP contribution < -0.4 is 10.5 Å². The molecule has 0 unspecified atom stereocenters. The highest BCUT2D eigenvalue weighted by Gasteiger charge is 2.27. The number of hydrogen-bond acceptors (Lipinski definition) is 4. The molecule has 1 fully saturated rings. The number of nitrogens with zero attached hydrogens (tertiary/aromatic N) is 2. The van der Waals surface area contributed by atoms with Crippen LogP contribution in [0.5, 0.6) is 5.75 Å². The highest BCUT2D eigenvalue weighted by molar-refractivity contribution is 5.94. The van der Waals surface area contributed by atoms with Crippen LogP contribution in [-0.2, 0) is 6.61 Å². The Labute approximate surface area is 181 Å². The van der Waals surface area contributed by atoms with Crippen molar-refractivity contribution in [3.63, 3.8) is 0 Å². The van der Waals surface area contributed by atoms with Gasteiger partial charge in [0.05, 0.1) is 5.56 Å². The number of aromatic nitrogens is 1. The van der Waals surface area contributed by atoms with Gasteiger partial charge in [0.2, 0.25) is 0 Å². The summed E-state index contributed by atoms with van der Waals surface area (Å²) < 4.78 is 20.3. The number of likely N-dealkylation sites (tertiary alicyclic amines) is 1. The summed E-state index contributed by atoms with van der Waals surface area (Å²) in [5.74, 6) is 0.410. The lowest BCUT2D eigenvalue weighted by Gasteiger charge is -2.33. The van der Waals surface area contributed by atoms with Crippen LogP contribution in [0.1, 0.15) is 45.8 Å². The number of nitrogen functional groups attached to an aromatic ring is 1. The number of piperidine rings is 1. The van der Waals surface area contributed by atoms with Crippen molar-refractivity contribution in [1.29, 1.82) is 0 Å². The normalized spacial score (nSPS) is 14.5. The average molecular weight is 420 g/mol. The van der Waals surface area contributed by atoms with Crippen LogP contribution in [0.15, 0.2) is 60.8 Å².